The van der Waals surface area contributed by atoms with E-state index < -0.39 is 5.91 Å². The average Bonchev–Trinajstić information content (AvgIpc) is 2.45. The summed E-state index contributed by atoms with van der Waals surface area (Å²) in [4.78, 5) is 24.5. The Bertz CT molecular complexity index is 679. The number of hydrogen-bond acceptors (Lipinski definition) is 3. The highest BCUT2D eigenvalue weighted by Gasteiger charge is 2.14. The molecule has 0 spiro atoms. The fourth-order valence-corrected chi connectivity index (χ4v) is 2.56. The predicted octanol–water partition coefficient (Wildman–Crippen LogP) is 1.43. The molecule has 0 saturated heterocycles. The largest absolute Gasteiger partial charge is 0.369 e. The Morgan fingerprint density at radius 1 is 1.14 bits per heavy atom. The second kappa shape index (κ2) is 7.04. The molecule has 0 fully saturated rings. The SMILES string of the molecule is C[C@H](NC(=O)CN(C)CC(N)=O)c1cccc2ccccc12. The predicted molar refractivity (Wildman–Crippen MR) is 87.2 cm³/mol. The number of nitrogens with zero attached hydrogens (tertiary/aromatic N) is 1. The lowest BCUT2D eigenvalue weighted by Gasteiger charge is -2.19. The Morgan fingerprint density at radius 2 is 1.82 bits per heavy atom. The first-order valence-electron chi connectivity index (χ1n) is 7.21. The first-order chi connectivity index (χ1) is 10.5. The van der Waals surface area contributed by atoms with Crippen molar-refractivity contribution in [3.63, 3.8) is 0 Å². The van der Waals surface area contributed by atoms with E-state index >= 15 is 0 Å². The van der Waals surface area contributed by atoms with Gasteiger partial charge in [0.05, 0.1) is 19.1 Å². The van der Waals surface area contributed by atoms with E-state index in [-0.39, 0.29) is 25.0 Å². The molecule has 116 valence electrons. The number of primary amides is 1. The topological polar surface area (TPSA) is 75.4 Å². The lowest BCUT2D eigenvalue weighted by Crippen LogP contribution is -2.40. The van der Waals surface area contributed by atoms with Gasteiger partial charge < -0.3 is 11.1 Å². The van der Waals surface area contributed by atoms with E-state index in [1.807, 2.05) is 49.4 Å². The van der Waals surface area contributed by atoms with Crippen LogP contribution >= 0.6 is 0 Å². The highest BCUT2D eigenvalue weighted by Crippen LogP contribution is 2.23. The number of nitrogens with one attached hydrogen (secondary N) is 1. The second-order valence-corrected chi connectivity index (χ2v) is 5.50. The van der Waals surface area contributed by atoms with Crippen LogP contribution in [0.3, 0.4) is 0 Å². The maximum Gasteiger partial charge on any atom is 0.234 e. The van der Waals surface area contributed by atoms with Gasteiger partial charge in [0.2, 0.25) is 11.8 Å². The van der Waals surface area contributed by atoms with Crippen LogP contribution in [0.15, 0.2) is 42.5 Å². The number of fused-ring (bicyclic) bond motifs is 1. The molecular formula is C17H21N3O2. The molecule has 2 aromatic rings. The van der Waals surface area contributed by atoms with Gasteiger partial charge in [-0.15, -0.1) is 0 Å². The zero-order valence-corrected chi connectivity index (χ0v) is 12.9. The number of hydrogen-bond donors (Lipinski definition) is 2. The van der Waals surface area contributed by atoms with Gasteiger partial charge in [-0.05, 0) is 30.3 Å². The summed E-state index contributed by atoms with van der Waals surface area (Å²) in [6, 6.07) is 14.0. The molecule has 0 aromatic heterocycles. The van der Waals surface area contributed by atoms with Crippen LogP contribution in [0.1, 0.15) is 18.5 Å². The van der Waals surface area contributed by atoms with Gasteiger partial charge >= 0.3 is 0 Å². The Labute approximate surface area is 130 Å². The third-order valence-electron chi connectivity index (χ3n) is 3.51. The molecule has 2 amide bonds. The van der Waals surface area contributed by atoms with Gasteiger partial charge in [0.25, 0.3) is 0 Å². The third-order valence-corrected chi connectivity index (χ3v) is 3.51. The first-order valence-corrected chi connectivity index (χ1v) is 7.21. The highest BCUT2D eigenvalue weighted by atomic mass is 16.2. The summed E-state index contributed by atoms with van der Waals surface area (Å²) >= 11 is 0. The maximum atomic E-state index is 12.0. The van der Waals surface area contributed by atoms with Crippen molar-refractivity contribution < 1.29 is 9.59 Å². The van der Waals surface area contributed by atoms with Gasteiger partial charge in [0.1, 0.15) is 0 Å². The summed E-state index contributed by atoms with van der Waals surface area (Å²) in [5, 5.41) is 5.23. The molecule has 0 aliphatic carbocycles. The van der Waals surface area contributed by atoms with Crippen molar-refractivity contribution in [2.24, 2.45) is 5.73 Å². The molecule has 0 saturated carbocycles. The minimum atomic E-state index is -0.447. The molecule has 0 aliphatic rings. The van der Waals surface area contributed by atoms with Crippen molar-refractivity contribution in [1.29, 1.82) is 0 Å². The molecule has 2 rings (SSSR count). The van der Waals surface area contributed by atoms with Gasteiger partial charge in [-0.25, -0.2) is 0 Å². The van der Waals surface area contributed by atoms with Crippen molar-refractivity contribution in [2.45, 2.75) is 13.0 Å². The number of carbonyl (C=O) groups excluding carboxylic acids is 2. The molecule has 2 aromatic carbocycles. The average molecular weight is 299 g/mol. The maximum absolute atomic E-state index is 12.0. The Balaban J connectivity index is 2.06. The second-order valence-electron chi connectivity index (χ2n) is 5.50. The summed E-state index contributed by atoms with van der Waals surface area (Å²) in [6.45, 7) is 2.15. The van der Waals surface area contributed by atoms with Crippen molar-refractivity contribution in [2.75, 3.05) is 20.1 Å². The van der Waals surface area contributed by atoms with Crippen molar-refractivity contribution in [1.82, 2.24) is 10.2 Å². The zero-order chi connectivity index (χ0) is 16.1. The van der Waals surface area contributed by atoms with Crippen LogP contribution in [0.5, 0.6) is 0 Å². The van der Waals surface area contributed by atoms with E-state index in [1.54, 1.807) is 11.9 Å². The van der Waals surface area contributed by atoms with E-state index in [0.29, 0.717) is 0 Å². The van der Waals surface area contributed by atoms with E-state index in [4.69, 9.17) is 5.73 Å². The van der Waals surface area contributed by atoms with Crippen LogP contribution in [0.25, 0.3) is 10.8 Å². The molecule has 3 N–H and O–H groups in total. The normalized spacial score (nSPS) is 12.3. The van der Waals surface area contributed by atoms with Gasteiger partial charge in [0, 0.05) is 0 Å². The monoisotopic (exact) mass is 299 g/mol. The van der Waals surface area contributed by atoms with Crippen LogP contribution in [-0.2, 0) is 9.59 Å². The van der Waals surface area contributed by atoms with E-state index in [1.165, 1.54) is 0 Å². The Morgan fingerprint density at radius 3 is 2.55 bits per heavy atom. The van der Waals surface area contributed by atoms with Gasteiger partial charge in [-0.2, -0.15) is 0 Å². The van der Waals surface area contributed by atoms with E-state index in [2.05, 4.69) is 5.32 Å². The minimum Gasteiger partial charge on any atom is -0.369 e. The minimum absolute atomic E-state index is 0.0655. The molecule has 5 heteroatoms. The lowest BCUT2D eigenvalue weighted by atomic mass is 10.00. The summed E-state index contributed by atoms with van der Waals surface area (Å²) in [5.74, 6) is -0.582. The van der Waals surface area contributed by atoms with Crippen LogP contribution in [-0.4, -0.2) is 36.9 Å². The molecule has 1 atom stereocenters. The van der Waals surface area contributed by atoms with Crippen LogP contribution in [0.4, 0.5) is 0 Å². The summed E-state index contributed by atoms with van der Waals surface area (Å²) in [7, 11) is 1.69. The smallest absolute Gasteiger partial charge is 0.234 e. The molecule has 22 heavy (non-hydrogen) atoms. The molecule has 0 unspecified atom stereocenters. The van der Waals surface area contributed by atoms with Crippen LogP contribution in [0.2, 0.25) is 0 Å². The number of nitrogens with two attached hydrogens (primary N) is 1. The molecular weight excluding hydrogens is 278 g/mol. The van der Waals surface area contributed by atoms with Crippen molar-refractivity contribution in [3.05, 3.63) is 48.0 Å². The molecule has 0 radical (unpaired) electrons. The third kappa shape index (κ3) is 4.05. The molecule has 5 nitrogen and oxygen atoms in total. The summed E-state index contributed by atoms with van der Waals surface area (Å²) < 4.78 is 0. The van der Waals surface area contributed by atoms with E-state index in [0.717, 1.165) is 16.3 Å². The summed E-state index contributed by atoms with van der Waals surface area (Å²) in [5.41, 5.74) is 6.18. The fourth-order valence-electron chi connectivity index (χ4n) is 2.56. The van der Waals surface area contributed by atoms with Gasteiger partial charge in [0.15, 0.2) is 0 Å². The zero-order valence-electron chi connectivity index (χ0n) is 12.9. The van der Waals surface area contributed by atoms with Gasteiger partial charge in [-0.3, -0.25) is 14.5 Å². The Hall–Kier alpha value is -2.40. The van der Waals surface area contributed by atoms with Gasteiger partial charge in [-0.1, -0.05) is 42.5 Å². The van der Waals surface area contributed by atoms with E-state index in [9.17, 15) is 9.59 Å². The number of benzene rings is 2. The lowest BCUT2D eigenvalue weighted by molar-refractivity contribution is -0.123. The molecule has 0 bridgehead atoms. The van der Waals surface area contributed by atoms with Crippen molar-refractivity contribution in [3.8, 4) is 0 Å². The van der Waals surface area contributed by atoms with Crippen LogP contribution < -0.4 is 11.1 Å². The number of likely N-dealkylation sites (N-methyl/N-ethyl adjacent to an activating group) is 1. The Kier molecular flexibility index (Phi) is 5.12. The fraction of sp³-hybridized carbons (Fsp3) is 0.294. The standard InChI is InChI=1S/C17H21N3O2/c1-12(19-17(22)11-20(2)10-16(18)21)14-9-5-7-13-6-3-4-8-15(13)14/h3-9,12H,10-11H2,1-2H3,(H2,18,21)(H,19,22)/t12-/m0/s1. The molecule has 0 heterocycles. The number of rotatable bonds is 6. The van der Waals surface area contributed by atoms with Crippen LogP contribution in [0, 0.1) is 0 Å². The quantitative estimate of drug-likeness (QED) is 0.847. The number of amides is 2. The van der Waals surface area contributed by atoms with Crippen molar-refractivity contribution >= 4 is 22.6 Å². The summed E-state index contributed by atoms with van der Waals surface area (Å²) in [6.07, 6.45) is 0. The number of carbonyl (C=O) groups is 2. The highest BCUT2D eigenvalue weighted by molar-refractivity contribution is 5.87. The first kappa shape index (κ1) is 16.0. The molecule has 0 aliphatic heterocycles.